The number of rotatable bonds is 7. The lowest BCUT2D eigenvalue weighted by molar-refractivity contribution is -0.235. The van der Waals surface area contributed by atoms with E-state index in [-0.39, 0.29) is 10.6 Å². The molecular weight excluding hydrogens is 423 g/mol. The SMILES string of the molecule is CC(C)(C)ON(C=O)C1(C(=O)Nc2ccc(-c3ccccc3S(C)(=O)=O)cc2F)CC1. The maximum absolute atomic E-state index is 14.8. The Morgan fingerprint density at radius 3 is 2.35 bits per heavy atom. The van der Waals surface area contributed by atoms with Crippen LogP contribution in [0.15, 0.2) is 47.4 Å². The molecule has 0 spiro atoms. The lowest BCUT2D eigenvalue weighted by Crippen LogP contribution is -2.48. The van der Waals surface area contributed by atoms with Crippen molar-refractivity contribution >= 4 is 27.8 Å². The maximum Gasteiger partial charge on any atom is 0.253 e. The third-order valence-corrected chi connectivity index (χ3v) is 6.01. The molecule has 0 heterocycles. The van der Waals surface area contributed by atoms with E-state index >= 15 is 0 Å². The van der Waals surface area contributed by atoms with Crippen LogP contribution in [0.4, 0.5) is 10.1 Å². The molecule has 2 amide bonds. The molecule has 2 aromatic rings. The van der Waals surface area contributed by atoms with Crippen molar-refractivity contribution in [3.05, 3.63) is 48.3 Å². The van der Waals surface area contributed by atoms with Crippen LogP contribution >= 0.6 is 0 Å². The van der Waals surface area contributed by atoms with Gasteiger partial charge in [0.25, 0.3) is 5.91 Å². The van der Waals surface area contributed by atoms with Crippen molar-refractivity contribution in [2.45, 2.75) is 49.6 Å². The van der Waals surface area contributed by atoms with Crippen LogP contribution in [-0.4, -0.2) is 43.2 Å². The van der Waals surface area contributed by atoms with E-state index in [1.807, 2.05) is 0 Å². The smallest absolute Gasteiger partial charge is 0.253 e. The number of nitrogens with one attached hydrogen (secondary N) is 1. The largest absolute Gasteiger partial charge is 0.321 e. The quantitative estimate of drug-likeness (QED) is 0.517. The van der Waals surface area contributed by atoms with Crippen LogP contribution in [0.25, 0.3) is 11.1 Å². The lowest BCUT2D eigenvalue weighted by atomic mass is 10.0. The molecule has 1 fully saturated rings. The summed E-state index contributed by atoms with van der Waals surface area (Å²) in [6, 6.07) is 10.4. The van der Waals surface area contributed by atoms with Gasteiger partial charge in [-0.05, 0) is 57.4 Å². The molecule has 2 aromatic carbocycles. The first-order valence-corrected chi connectivity index (χ1v) is 11.6. The number of hydroxylamine groups is 2. The van der Waals surface area contributed by atoms with Gasteiger partial charge in [-0.25, -0.2) is 17.9 Å². The van der Waals surface area contributed by atoms with Gasteiger partial charge < -0.3 is 5.32 Å². The van der Waals surface area contributed by atoms with Crippen LogP contribution in [0.5, 0.6) is 0 Å². The first kappa shape index (κ1) is 22.9. The average molecular weight is 449 g/mol. The van der Waals surface area contributed by atoms with Gasteiger partial charge in [-0.15, -0.1) is 0 Å². The van der Waals surface area contributed by atoms with Crippen molar-refractivity contribution in [3.8, 4) is 11.1 Å². The first-order valence-electron chi connectivity index (χ1n) is 9.72. The monoisotopic (exact) mass is 448 g/mol. The molecule has 0 radical (unpaired) electrons. The Kier molecular flexibility index (Phi) is 5.94. The molecule has 1 saturated carbocycles. The van der Waals surface area contributed by atoms with Crippen molar-refractivity contribution in [1.82, 2.24) is 5.06 Å². The van der Waals surface area contributed by atoms with Gasteiger partial charge in [0.05, 0.1) is 16.2 Å². The number of halogens is 1. The van der Waals surface area contributed by atoms with E-state index in [0.29, 0.717) is 30.4 Å². The maximum atomic E-state index is 14.8. The summed E-state index contributed by atoms with van der Waals surface area (Å²) in [7, 11) is -3.51. The fraction of sp³-hybridized carbons (Fsp3) is 0.364. The molecule has 1 N–H and O–H groups in total. The van der Waals surface area contributed by atoms with Crippen molar-refractivity contribution in [2.75, 3.05) is 11.6 Å². The van der Waals surface area contributed by atoms with Crippen LogP contribution in [0.2, 0.25) is 0 Å². The van der Waals surface area contributed by atoms with Crippen LogP contribution in [0.3, 0.4) is 0 Å². The molecule has 1 aliphatic rings. The summed E-state index contributed by atoms with van der Waals surface area (Å²) in [5.41, 5.74) is -1.20. The Hall–Kier alpha value is -2.78. The number of anilines is 1. The van der Waals surface area contributed by atoms with Crippen molar-refractivity contribution < 1.29 is 27.2 Å². The van der Waals surface area contributed by atoms with Crippen molar-refractivity contribution in [3.63, 3.8) is 0 Å². The molecule has 0 unspecified atom stereocenters. The lowest BCUT2D eigenvalue weighted by Gasteiger charge is -2.32. The standard InChI is InChI=1S/C22H25FN2O5S/c1-21(2,3)30-25(14-26)22(11-12-22)20(27)24-18-10-9-15(13-17(18)23)16-7-5-6-8-19(16)31(4,28)29/h5-10,13-14H,11-12H2,1-4H3,(H,24,27). The fourth-order valence-electron chi connectivity index (χ4n) is 3.22. The molecule has 0 saturated heterocycles. The molecule has 166 valence electrons. The number of sulfone groups is 1. The Morgan fingerprint density at radius 2 is 1.84 bits per heavy atom. The molecule has 0 aliphatic heterocycles. The van der Waals surface area contributed by atoms with Crippen LogP contribution in [-0.2, 0) is 24.3 Å². The number of benzene rings is 2. The van der Waals surface area contributed by atoms with Gasteiger partial charge in [-0.1, -0.05) is 24.3 Å². The second kappa shape index (κ2) is 8.05. The van der Waals surface area contributed by atoms with Crippen molar-refractivity contribution in [2.24, 2.45) is 0 Å². The van der Waals surface area contributed by atoms with E-state index in [4.69, 9.17) is 4.84 Å². The first-order chi connectivity index (χ1) is 14.4. The third kappa shape index (κ3) is 4.94. The summed E-state index contributed by atoms with van der Waals surface area (Å²) in [5, 5.41) is 3.52. The molecular formula is C22H25FN2O5S. The molecule has 1 aliphatic carbocycles. The molecule has 31 heavy (non-hydrogen) atoms. The predicted octanol–water partition coefficient (Wildman–Crippen LogP) is 3.56. The van der Waals surface area contributed by atoms with E-state index in [2.05, 4.69) is 5.32 Å². The zero-order valence-corrected chi connectivity index (χ0v) is 18.6. The number of carbonyl (C=O) groups is 2. The molecule has 7 nitrogen and oxygen atoms in total. The number of hydrogen-bond donors (Lipinski definition) is 1. The molecule has 0 aromatic heterocycles. The number of carbonyl (C=O) groups excluding carboxylic acids is 2. The average Bonchev–Trinajstić information content (AvgIpc) is 3.48. The van der Waals surface area contributed by atoms with Gasteiger partial charge >= 0.3 is 0 Å². The highest BCUT2D eigenvalue weighted by Crippen LogP contribution is 2.43. The van der Waals surface area contributed by atoms with Crippen LogP contribution in [0.1, 0.15) is 33.6 Å². The number of amides is 2. The minimum atomic E-state index is -3.51. The normalized spacial score (nSPS) is 15.3. The van der Waals surface area contributed by atoms with E-state index in [0.717, 1.165) is 11.3 Å². The Balaban J connectivity index is 1.86. The van der Waals surface area contributed by atoms with E-state index in [9.17, 15) is 22.4 Å². The van der Waals surface area contributed by atoms with Gasteiger partial charge in [-0.2, -0.15) is 0 Å². The predicted molar refractivity (Wildman–Crippen MR) is 114 cm³/mol. The van der Waals surface area contributed by atoms with Crippen LogP contribution in [0, 0.1) is 5.82 Å². The Morgan fingerprint density at radius 1 is 1.19 bits per heavy atom. The fourth-order valence-corrected chi connectivity index (χ4v) is 4.13. The Labute approximate surface area is 181 Å². The summed E-state index contributed by atoms with van der Waals surface area (Å²) in [5.74, 6) is -1.27. The molecule has 3 rings (SSSR count). The van der Waals surface area contributed by atoms with Gasteiger partial charge in [-0.3, -0.25) is 14.4 Å². The van der Waals surface area contributed by atoms with E-state index in [1.54, 1.807) is 39.0 Å². The summed E-state index contributed by atoms with van der Waals surface area (Å²) in [6.45, 7) is 5.26. The zero-order valence-electron chi connectivity index (χ0n) is 17.8. The molecule has 0 atom stereocenters. The summed E-state index contributed by atoms with van der Waals surface area (Å²) >= 11 is 0. The number of nitrogens with zero attached hydrogens (tertiary/aromatic N) is 1. The summed E-state index contributed by atoms with van der Waals surface area (Å²) < 4.78 is 38.9. The third-order valence-electron chi connectivity index (χ3n) is 4.85. The molecule has 9 heteroatoms. The second-order valence-electron chi connectivity index (χ2n) is 8.58. The van der Waals surface area contributed by atoms with Gasteiger partial charge in [0.15, 0.2) is 9.84 Å². The van der Waals surface area contributed by atoms with Crippen LogP contribution < -0.4 is 5.32 Å². The highest BCUT2D eigenvalue weighted by molar-refractivity contribution is 7.90. The Bertz CT molecular complexity index is 1120. The second-order valence-corrected chi connectivity index (χ2v) is 10.6. The van der Waals surface area contributed by atoms with Gasteiger partial charge in [0, 0.05) is 11.8 Å². The highest BCUT2D eigenvalue weighted by Gasteiger charge is 2.57. The van der Waals surface area contributed by atoms with E-state index < -0.39 is 32.7 Å². The topological polar surface area (TPSA) is 92.8 Å². The summed E-state index contributed by atoms with van der Waals surface area (Å²) in [6.07, 6.45) is 2.34. The molecule has 0 bridgehead atoms. The van der Waals surface area contributed by atoms with E-state index in [1.165, 1.54) is 24.3 Å². The minimum Gasteiger partial charge on any atom is -0.321 e. The van der Waals surface area contributed by atoms with Gasteiger partial charge in [0.1, 0.15) is 11.4 Å². The van der Waals surface area contributed by atoms with Gasteiger partial charge in [0.2, 0.25) is 6.41 Å². The minimum absolute atomic E-state index is 0.0709. The van der Waals surface area contributed by atoms with Crippen molar-refractivity contribution in [1.29, 1.82) is 0 Å². The summed E-state index contributed by atoms with van der Waals surface area (Å²) in [4.78, 5) is 30.0. The number of hydrogen-bond acceptors (Lipinski definition) is 5. The highest BCUT2D eigenvalue weighted by atomic mass is 32.2. The zero-order chi connectivity index (χ0) is 23.0.